The van der Waals surface area contributed by atoms with E-state index in [1.165, 1.54) is 12.1 Å². The van der Waals surface area contributed by atoms with Crippen LogP contribution in [0, 0.1) is 5.82 Å². The molecular weight excluding hydrogens is 319 g/mol. The number of nitrogens with one attached hydrogen (secondary N) is 1. The molecule has 2 amide bonds. The lowest BCUT2D eigenvalue weighted by Gasteiger charge is -2.25. The van der Waals surface area contributed by atoms with Gasteiger partial charge in [-0.05, 0) is 55.2 Å². The summed E-state index contributed by atoms with van der Waals surface area (Å²) in [4.78, 5) is 26.5. The molecule has 1 unspecified atom stereocenters. The maximum absolute atomic E-state index is 13.1. The van der Waals surface area contributed by atoms with Gasteiger partial charge in [-0.3, -0.25) is 9.59 Å². The van der Waals surface area contributed by atoms with Crippen molar-refractivity contribution in [1.82, 2.24) is 10.2 Å². The van der Waals surface area contributed by atoms with Gasteiger partial charge in [-0.2, -0.15) is 0 Å². The molecule has 0 saturated carbocycles. The van der Waals surface area contributed by atoms with Crippen LogP contribution in [-0.4, -0.2) is 36.3 Å². The Morgan fingerprint density at radius 3 is 2.60 bits per heavy atom. The fourth-order valence-electron chi connectivity index (χ4n) is 3.31. The van der Waals surface area contributed by atoms with Crippen molar-refractivity contribution in [3.05, 3.63) is 71.0 Å². The van der Waals surface area contributed by atoms with Crippen LogP contribution in [0.25, 0.3) is 0 Å². The van der Waals surface area contributed by atoms with E-state index < -0.39 is 0 Å². The number of carbonyl (C=O) groups is 2. The van der Waals surface area contributed by atoms with Crippen molar-refractivity contribution in [3.8, 4) is 0 Å². The molecule has 1 N–H and O–H groups in total. The van der Waals surface area contributed by atoms with Crippen LogP contribution in [0.15, 0.2) is 48.5 Å². The summed E-state index contributed by atoms with van der Waals surface area (Å²) >= 11 is 0. The Morgan fingerprint density at radius 2 is 1.88 bits per heavy atom. The molecule has 4 nitrogen and oxygen atoms in total. The second kappa shape index (κ2) is 7.47. The lowest BCUT2D eigenvalue weighted by Crippen LogP contribution is -2.37. The predicted molar refractivity (Wildman–Crippen MR) is 94.0 cm³/mol. The smallest absolute Gasteiger partial charge is 0.254 e. The Morgan fingerprint density at radius 1 is 1.16 bits per heavy atom. The summed E-state index contributed by atoms with van der Waals surface area (Å²) in [5, 5.41) is 2.57. The van der Waals surface area contributed by atoms with Gasteiger partial charge in [-0.15, -0.1) is 0 Å². The molecule has 5 heteroatoms. The van der Waals surface area contributed by atoms with Gasteiger partial charge in [0.25, 0.3) is 11.8 Å². The highest BCUT2D eigenvalue weighted by Crippen LogP contribution is 2.24. The van der Waals surface area contributed by atoms with Gasteiger partial charge in [0.05, 0.1) is 0 Å². The molecule has 130 valence electrons. The average molecular weight is 340 g/mol. The molecule has 2 aromatic carbocycles. The molecule has 1 saturated heterocycles. The van der Waals surface area contributed by atoms with Gasteiger partial charge in [-0.25, -0.2) is 4.39 Å². The molecule has 0 aromatic heterocycles. The third-order valence-corrected chi connectivity index (χ3v) is 4.62. The van der Waals surface area contributed by atoms with Crippen LogP contribution in [0.3, 0.4) is 0 Å². The van der Waals surface area contributed by atoms with Crippen LogP contribution >= 0.6 is 0 Å². The number of hydrogen-bond donors (Lipinski definition) is 1. The average Bonchev–Trinajstić information content (AvgIpc) is 3.10. The maximum atomic E-state index is 13.1. The summed E-state index contributed by atoms with van der Waals surface area (Å²) in [5.74, 6) is -0.525. The summed E-state index contributed by atoms with van der Waals surface area (Å²) in [5.41, 5.74) is 2.01. The highest BCUT2D eigenvalue weighted by molar-refractivity contribution is 5.99. The Bertz CT molecular complexity index is 774. The fourth-order valence-corrected chi connectivity index (χ4v) is 3.31. The zero-order valence-electron chi connectivity index (χ0n) is 14.2. The molecule has 1 heterocycles. The van der Waals surface area contributed by atoms with Gasteiger partial charge >= 0.3 is 0 Å². The van der Waals surface area contributed by atoms with E-state index in [4.69, 9.17) is 0 Å². The Labute approximate surface area is 146 Å². The molecular formula is C20H21FN2O2. The number of likely N-dealkylation sites (tertiary alicyclic amines) is 1. The van der Waals surface area contributed by atoms with Crippen LogP contribution in [-0.2, 0) is 6.42 Å². The molecule has 0 radical (unpaired) electrons. The summed E-state index contributed by atoms with van der Waals surface area (Å²) < 4.78 is 13.1. The van der Waals surface area contributed by atoms with Crippen molar-refractivity contribution >= 4 is 11.8 Å². The van der Waals surface area contributed by atoms with E-state index in [0.717, 1.165) is 18.4 Å². The molecule has 25 heavy (non-hydrogen) atoms. The van der Waals surface area contributed by atoms with Gasteiger partial charge in [0.2, 0.25) is 0 Å². The Balaban J connectivity index is 1.76. The molecule has 3 rings (SSSR count). The van der Waals surface area contributed by atoms with E-state index in [1.807, 2.05) is 4.90 Å². The third-order valence-electron chi connectivity index (χ3n) is 4.62. The second-order valence-corrected chi connectivity index (χ2v) is 6.29. The zero-order valence-corrected chi connectivity index (χ0v) is 14.2. The SMILES string of the molecule is CNC(=O)c1cccc(C(=O)N2CCCC2Cc2ccc(F)cc2)c1. The highest BCUT2D eigenvalue weighted by Gasteiger charge is 2.29. The van der Waals surface area contributed by atoms with E-state index in [9.17, 15) is 14.0 Å². The lowest BCUT2D eigenvalue weighted by molar-refractivity contribution is 0.0736. The number of hydrogen-bond acceptors (Lipinski definition) is 2. The molecule has 2 aromatic rings. The number of amides is 2. The number of carbonyl (C=O) groups excluding carboxylic acids is 2. The first-order valence-corrected chi connectivity index (χ1v) is 8.46. The van der Waals surface area contributed by atoms with Crippen molar-refractivity contribution < 1.29 is 14.0 Å². The summed E-state index contributed by atoms with van der Waals surface area (Å²) in [6.07, 6.45) is 2.59. The minimum absolute atomic E-state index is 0.0598. The summed E-state index contributed by atoms with van der Waals surface area (Å²) in [7, 11) is 1.57. The number of nitrogens with zero attached hydrogens (tertiary/aromatic N) is 1. The largest absolute Gasteiger partial charge is 0.355 e. The number of benzene rings is 2. The highest BCUT2D eigenvalue weighted by atomic mass is 19.1. The summed E-state index contributed by atoms with van der Waals surface area (Å²) in [6.45, 7) is 0.703. The van der Waals surface area contributed by atoms with Gasteiger partial charge in [0.15, 0.2) is 0 Å². The van der Waals surface area contributed by atoms with Crippen molar-refractivity contribution in [2.45, 2.75) is 25.3 Å². The van der Waals surface area contributed by atoms with Crippen LogP contribution in [0.2, 0.25) is 0 Å². The fraction of sp³-hybridized carbons (Fsp3) is 0.300. The molecule has 1 fully saturated rings. The lowest BCUT2D eigenvalue weighted by atomic mass is 10.0. The molecule has 1 atom stereocenters. The summed E-state index contributed by atoms with van der Waals surface area (Å²) in [6, 6.07) is 13.3. The van der Waals surface area contributed by atoms with Gasteiger partial charge in [0, 0.05) is 30.8 Å². The number of halogens is 1. The van der Waals surface area contributed by atoms with Crippen LogP contribution in [0.4, 0.5) is 4.39 Å². The first-order chi connectivity index (χ1) is 12.1. The second-order valence-electron chi connectivity index (χ2n) is 6.29. The van der Waals surface area contributed by atoms with E-state index in [2.05, 4.69) is 5.32 Å². The first-order valence-electron chi connectivity index (χ1n) is 8.46. The van der Waals surface area contributed by atoms with E-state index >= 15 is 0 Å². The third kappa shape index (κ3) is 3.87. The zero-order chi connectivity index (χ0) is 17.8. The topological polar surface area (TPSA) is 49.4 Å². The predicted octanol–water partition coefficient (Wildman–Crippen LogP) is 3.03. The van der Waals surface area contributed by atoms with Crippen LogP contribution < -0.4 is 5.32 Å². The van der Waals surface area contributed by atoms with Crippen molar-refractivity contribution in [3.63, 3.8) is 0 Å². The molecule has 0 spiro atoms. The van der Waals surface area contributed by atoms with Gasteiger partial charge in [0.1, 0.15) is 5.82 Å². The van der Waals surface area contributed by atoms with Crippen molar-refractivity contribution in [2.75, 3.05) is 13.6 Å². The van der Waals surface area contributed by atoms with Crippen LogP contribution in [0.1, 0.15) is 39.1 Å². The minimum Gasteiger partial charge on any atom is -0.355 e. The monoisotopic (exact) mass is 340 g/mol. The maximum Gasteiger partial charge on any atom is 0.254 e. The van der Waals surface area contributed by atoms with Crippen molar-refractivity contribution in [2.24, 2.45) is 0 Å². The molecule has 0 bridgehead atoms. The molecule has 1 aliphatic rings. The Kier molecular flexibility index (Phi) is 5.12. The van der Waals surface area contributed by atoms with Crippen molar-refractivity contribution in [1.29, 1.82) is 0 Å². The van der Waals surface area contributed by atoms with E-state index in [-0.39, 0.29) is 23.7 Å². The quantitative estimate of drug-likeness (QED) is 0.930. The molecule has 1 aliphatic heterocycles. The molecule has 0 aliphatic carbocycles. The van der Waals surface area contributed by atoms with Gasteiger partial charge < -0.3 is 10.2 Å². The van der Waals surface area contributed by atoms with Crippen LogP contribution in [0.5, 0.6) is 0 Å². The normalized spacial score (nSPS) is 16.7. The Hall–Kier alpha value is -2.69. The van der Waals surface area contributed by atoms with E-state index in [1.54, 1.807) is 43.4 Å². The standard InChI is InChI=1S/C20H21FN2O2/c1-22-19(24)15-4-2-5-16(13-15)20(25)23-11-3-6-18(23)12-14-7-9-17(21)10-8-14/h2,4-5,7-10,13,18H,3,6,11-12H2,1H3,(H,22,24). The minimum atomic E-state index is -0.255. The van der Waals surface area contributed by atoms with E-state index in [0.29, 0.717) is 24.1 Å². The first kappa shape index (κ1) is 17.1. The number of rotatable bonds is 4. The van der Waals surface area contributed by atoms with Gasteiger partial charge in [-0.1, -0.05) is 18.2 Å².